The van der Waals surface area contributed by atoms with Crippen molar-refractivity contribution in [3.63, 3.8) is 0 Å². The predicted octanol–water partition coefficient (Wildman–Crippen LogP) is 5.51. The molecule has 2 rings (SSSR count). The Balaban J connectivity index is 2.05. The second-order valence-corrected chi connectivity index (χ2v) is 11.1. The average molecular weight is 583 g/mol. The average Bonchev–Trinajstić information content (AvgIpc) is 2.95. The summed E-state index contributed by atoms with van der Waals surface area (Å²) in [5, 5.41) is 20.6. The van der Waals surface area contributed by atoms with E-state index in [2.05, 4.69) is 39.1 Å². The van der Waals surface area contributed by atoms with Gasteiger partial charge in [-0.05, 0) is 61.6 Å². The summed E-state index contributed by atoms with van der Waals surface area (Å²) in [5.74, 6) is 0.330. The fourth-order valence-corrected chi connectivity index (χ4v) is 4.56. The fourth-order valence-electron chi connectivity index (χ4n) is 4.56. The molecular formula is C34H46O8. The second kappa shape index (κ2) is 16.1. The summed E-state index contributed by atoms with van der Waals surface area (Å²) in [5.41, 5.74) is 3.83. The smallest absolute Gasteiger partial charge is 0.330 e. The molecule has 2 N–H and O–H groups in total. The lowest BCUT2D eigenvalue weighted by molar-refractivity contribution is -0.143. The molecule has 0 amide bonds. The van der Waals surface area contributed by atoms with Gasteiger partial charge in [-0.1, -0.05) is 58.2 Å². The Morgan fingerprint density at radius 3 is 1.95 bits per heavy atom. The molecule has 0 spiro atoms. The summed E-state index contributed by atoms with van der Waals surface area (Å²) >= 11 is 0. The standard InChI is InChI=1S/C34H46O8/c1-9-29(19-28(36)21-40-32(37)10-2)42-31-15-13-26(17-23(31)5)34(7,8)25-12-14-30(22(4)16-25)39-20-27(35)18-24(6)41-33(38)11-3/h10-17,24,27-29,35-36H,2-3,9,18-21H2,1,4-8H3. The zero-order valence-electron chi connectivity index (χ0n) is 25.7. The SMILES string of the molecule is C=CC(=O)OCC(O)CC(CC)Oc1ccc(C(C)(C)c2ccc(OCC(O)CC(C)OC(=O)C=C)c(C)c2)cc1C. The molecule has 2 aromatic rings. The van der Waals surface area contributed by atoms with Gasteiger partial charge < -0.3 is 29.2 Å². The topological polar surface area (TPSA) is 112 Å². The number of hydrogen-bond donors (Lipinski definition) is 2. The molecule has 4 atom stereocenters. The highest BCUT2D eigenvalue weighted by Gasteiger charge is 2.25. The van der Waals surface area contributed by atoms with E-state index in [1.54, 1.807) is 6.92 Å². The Morgan fingerprint density at radius 2 is 1.43 bits per heavy atom. The molecule has 0 aliphatic carbocycles. The lowest BCUT2D eigenvalue weighted by Crippen LogP contribution is -2.27. The molecule has 0 aromatic heterocycles. The van der Waals surface area contributed by atoms with E-state index in [0.29, 0.717) is 18.6 Å². The molecule has 8 heteroatoms. The van der Waals surface area contributed by atoms with Gasteiger partial charge >= 0.3 is 11.9 Å². The maximum atomic E-state index is 11.3. The van der Waals surface area contributed by atoms with Crippen LogP contribution < -0.4 is 9.47 Å². The van der Waals surface area contributed by atoms with Crippen LogP contribution in [-0.2, 0) is 24.5 Å². The Labute approximate surface area is 250 Å². The number of benzene rings is 2. The van der Waals surface area contributed by atoms with E-state index in [0.717, 1.165) is 40.2 Å². The summed E-state index contributed by atoms with van der Waals surface area (Å²) < 4.78 is 22.1. The van der Waals surface area contributed by atoms with Crippen molar-refractivity contribution < 1.29 is 38.7 Å². The molecule has 4 unspecified atom stereocenters. The Morgan fingerprint density at radius 1 is 0.881 bits per heavy atom. The molecule has 230 valence electrons. The third-order valence-electron chi connectivity index (χ3n) is 7.18. The van der Waals surface area contributed by atoms with E-state index in [1.165, 1.54) is 0 Å². The Bertz CT molecular complexity index is 1220. The van der Waals surface area contributed by atoms with Gasteiger partial charge in [0.15, 0.2) is 0 Å². The molecule has 0 aliphatic rings. The predicted molar refractivity (Wildman–Crippen MR) is 163 cm³/mol. The molecular weight excluding hydrogens is 536 g/mol. The third kappa shape index (κ3) is 10.3. The van der Waals surface area contributed by atoms with Gasteiger partial charge in [-0.2, -0.15) is 0 Å². The molecule has 0 aliphatic heterocycles. The van der Waals surface area contributed by atoms with Crippen molar-refractivity contribution in [3.05, 3.63) is 84.0 Å². The van der Waals surface area contributed by atoms with Crippen LogP contribution >= 0.6 is 0 Å². The van der Waals surface area contributed by atoms with Crippen molar-refractivity contribution in [1.82, 2.24) is 0 Å². The highest BCUT2D eigenvalue weighted by molar-refractivity contribution is 5.81. The van der Waals surface area contributed by atoms with Crippen molar-refractivity contribution >= 4 is 11.9 Å². The monoisotopic (exact) mass is 582 g/mol. The highest BCUT2D eigenvalue weighted by atomic mass is 16.5. The molecule has 0 saturated carbocycles. The first-order valence-corrected chi connectivity index (χ1v) is 14.3. The van der Waals surface area contributed by atoms with Crippen molar-refractivity contribution in [3.8, 4) is 11.5 Å². The third-order valence-corrected chi connectivity index (χ3v) is 7.18. The van der Waals surface area contributed by atoms with Crippen molar-refractivity contribution in [2.45, 2.75) is 90.6 Å². The first kappa shape index (κ1) is 34.6. The van der Waals surface area contributed by atoms with Crippen LogP contribution in [0.2, 0.25) is 0 Å². The van der Waals surface area contributed by atoms with Crippen LogP contribution in [0.3, 0.4) is 0 Å². The summed E-state index contributed by atoms with van der Waals surface area (Å²) in [6, 6.07) is 12.1. The number of ether oxygens (including phenoxy) is 4. The highest BCUT2D eigenvalue weighted by Crippen LogP contribution is 2.36. The van der Waals surface area contributed by atoms with Gasteiger partial charge in [0, 0.05) is 30.4 Å². The molecule has 0 saturated heterocycles. The van der Waals surface area contributed by atoms with E-state index in [-0.39, 0.29) is 31.2 Å². The first-order valence-electron chi connectivity index (χ1n) is 14.3. The normalized spacial score (nSPS) is 14.2. The minimum absolute atomic E-state index is 0.0793. The Kier molecular flexibility index (Phi) is 13.3. The quantitative estimate of drug-likeness (QED) is 0.185. The number of carbonyl (C=O) groups excluding carboxylic acids is 2. The van der Waals surface area contributed by atoms with Gasteiger partial charge in [0.05, 0.1) is 12.2 Å². The number of carbonyl (C=O) groups is 2. The van der Waals surface area contributed by atoms with Gasteiger partial charge in [0.25, 0.3) is 0 Å². The van der Waals surface area contributed by atoms with Gasteiger partial charge in [0.2, 0.25) is 0 Å². The van der Waals surface area contributed by atoms with E-state index in [4.69, 9.17) is 18.9 Å². The van der Waals surface area contributed by atoms with Gasteiger partial charge in [-0.3, -0.25) is 0 Å². The minimum Gasteiger partial charge on any atom is -0.491 e. The van der Waals surface area contributed by atoms with Crippen molar-refractivity contribution in [2.75, 3.05) is 13.2 Å². The lowest BCUT2D eigenvalue weighted by atomic mass is 9.77. The van der Waals surface area contributed by atoms with Gasteiger partial charge in [-0.15, -0.1) is 0 Å². The van der Waals surface area contributed by atoms with E-state index in [9.17, 15) is 19.8 Å². The number of esters is 2. The van der Waals surface area contributed by atoms with Crippen LogP contribution in [0.25, 0.3) is 0 Å². The number of hydrogen-bond acceptors (Lipinski definition) is 8. The van der Waals surface area contributed by atoms with Crippen LogP contribution in [0.15, 0.2) is 61.7 Å². The lowest BCUT2D eigenvalue weighted by Gasteiger charge is -2.28. The van der Waals surface area contributed by atoms with Crippen LogP contribution in [0.5, 0.6) is 11.5 Å². The summed E-state index contributed by atoms with van der Waals surface area (Å²) in [4.78, 5) is 22.6. The van der Waals surface area contributed by atoms with Crippen LogP contribution in [0.4, 0.5) is 0 Å². The zero-order valence-corrected chi connectivity index (χ0v) is 25.7. The number of aliphatic hydroxyl groups is 2. The maximum absolute atomic E-state index is 11.3. The van der Waals surface area contributed by atoms with Crippen LogP contribution in [0.1, 0.15) is 69.2 Å². The van der Waals surface area contributed by atoms with Crippen LogP contribution in [-0.4, -0.2) is 59.8 Å². The molecule has 0 radical (unpaired) electrons. The fraction of sp³-hybridized carbons (Fsp3) is 0.471. The summed E-state index contributed by atoms with van der Waals surface area (Å²) in [7, 11) is 0. The minimum atomic E-state index is -0.832. The zero-order chi connectivity index (χ0) is 31.4. The molecule has 42 heavy (non-hydrogen) atoms. The van der Waals surface area contributed by atoms with Gasteiger partial charge in [-0.25, -0.2) is 9.59 Å². The number of aliphatic hydroxyl groups excluding tert-OH is 2. The van der Waals surface area contributed by atoms with Crippen molar-refractivity contribution in [1.29, 1.82) is 0 Å². The molecule has 8 nitrogen and oxygen atoms in total. The summed E-state index contributed by atoms with van der Waals surface area (Å²) in [6.45, 7) is 18.7. The largest absolute Gasteiger partial charge is 0.491 e. The van der Waals surface area contributed by atoms with E-state index < -0.39 is 30.3 Å². The molecule has 0 heterocycles. The van der Waals surface area contributed by atoms with Crippen LogP contribution in [0, 0.1) is 13.8 Å². The van der Waals surface area contributed by atoms with E-state index in [1.807, 2.05) is 45.0 Å². The molecule has 0 fully saturated rings. The summed E-state index contributed by atoms with van der Waals surface area (Å²) in [6.07, 6.45) is 1.13. The molecule has 0 bridgehead atoms. The first-order chi connectivity index (χ1) is 19.8. The van der Waals surface area contributed by atoms with E-state index >= 15 is 0 Å². The Hall–Kier alpha value is -3.62. The second-order valence-electron chi connectivity index (χ2n) is 11.1. The number of aryl methyl sites for hydroxylation is 2. The maximum Gasteiger partial charge on any atom is 0.330 e. The molecule has 2 aromatic carbocycles. The van der Waals surface area contributed by atoms with Crippen molar-refractivity contribution in [2.24, 2.45) is 0 Å². The van der Waals surface area contributed by atoms with Gasteiger partial charge in [0.1, 0.15) is 36.9 Å². The number of rotatable bonds is 17.